The van der Waals surface area contributed by atoms with Gasteiger partial charge < -0.3 is 20.5 Å². The number of rotatable bonds is 3. The van der Waals surface area contributed by atoms with Gasteiger partial charge in [-0.25, -0.2) is 9.59 Å². The maximum absolute atomic E-state index is 11.8. The monoisotopic (exact) mass is 327 g/mol. The minimum absolute atomic E-state index is 0.0852. The summed E-state index contributed by atoms with van der Waals surface area (Å²) >= 11 is 0. The molecule has 7 heteroatoms. The summed E-state index contributed by atoms with van der Waals surface area (Å²) < 4.78 is 5.30. The van der Waals surface area contributed by atoms with Gasteiger partial charge in [0.1, 0.15) is 5.60 Å². The summed E-state index contributed by atoms with van der Waals surface area (Å²) in [5.41, 5.74) is -0.474. The van der Waals surface area contributed by atoms with Crippen LogP contribution in [-0.4, -0.2) is 59.0 Å². The molecular weight excluding hydrogens is 298 g/mol. The molecule has 0 bridgehead atoms. The molecule has 1 unspecified atom stereocenters. The first-order valence-electron chi connectivity index (χ1n) is 8.46. The van der Waals surface area contributed by atoms with Crippen LogP contribution >= 0.6 is 0 Å². The van der Waals surface area contributed by atoms with Gasteiger partial charge in [0.25, 0.3) is 0 Å². The Morgan fingerprint density at radius 3 is 2.26 bits per heavy atom. The van der Waals surface area contributed by atoms with Crippen LogP contribution in [0.3, 0.4) is 0 Å². The second-order valence-electron chi connectivity index (χ2n) is 7.58. The second kappa shape index (κ2) is 7.38. The van der Waals surface area contributed by atoms with Crippen LogP contribution in [0.25, 0.3) is 0 Å². The van der Waals surface area contributed by atoms with E-state index in [2.05, 4.69) is 15.5 Å². The lowest BCUT2D eigenvalue weighted by Crippen LogP contribution is -2.45. The molecular formula is C16H29N3O4. The fourth-order valence-electron chi connectivity index (χ4n) is 3.47. The van der Waals surface area contributed by atoms with Crippen LogP contribution in [0, 0.1) is 0 Å². The maximum Gasteiger partial charge on any atom is 0.407 e. The van der Waals surface area contributed by atoms with E-state index < -0.39 is 11.7 Å². The summed E-state index contributed by atoms with van der Waals surface area (Å²) in [7, 11) is 0. The van der Waals surface area contributed by atoms with E-state index in [-0.39, 0.29) is 18.2 Å². The normalized spacial score (nSPS) is 29.1. The zero-order valence-corrected chi connectivity index (χ0v) is 14.3. The van der Waals surface area contributed by atoms with Crippen LogP contribution in [0.2, 0.25) is 0 Å². The summed E-state index contributed by atoms with van der Waals surface area (Å²) in [5, 5.41) is 14.3. The number of carbonyl (C=O) groups is 2. The van der Waals surface area contributed by atoms with Crippen LogP contribution in [0.1, 0.15) is 52.9 Å². The SMILES string of the molecule is CC(C)(C)OC(=O)NC1CCN(C2CCC(NC(=O)O)CC2)C1. The first-order valence-corrected chi connectivity index (χ1v) is 8.46. The standard InChI is InChI=1S/C16H29N3O4/c1-16(2,3)23-15(22)18-12-8-9-19(10-12)13-6-4-11(5-7-13)17-14(20)21/h11-13,17H,4-10H2,1-3H3,(H,18,22)(H,20,21). The number of amides is 2. The van der Waals surface area contributed by atoms with E-state index >= 15 is 0 Å². The molecule has 1 atom stereocenters. The molecule has 1 aliphatic carbocycles. The Labute approximate surface area is 137 Å². The highest BCUT2D eigenvalue weighted by atomic mass is 16.6. The van der Waals surface area contributed by atoms with Crippen molar-refractivity contribution in [1.29, 1.82) is 0 Å². The van der Waals surface area contributed by atoms with Crippen LogP contribution in [0.5, 0.6) is 0 Å². The molecule has 1 aliphatic heterocycles. The Morgan fingerprint density at radius 2 is 1.70 bits per heavy atom. The van der Waals surface area contributed by atoms with Gasteiger partial charge in [-0.05, 0) is 52.9 Å². The van der Waals surface area contributed by atoms with Gasteiger partial charge in [-0.15, -0.1) is 0 Å². The molecule has 0 spiro atoms. The highest BCUT2D eigenvalue weighted by Gasteiger charge is 2.32. The fraction of sp³-hybridized carbons (Fsp3) is 0.875. The predicted octanol–water partition coefficient (Wildman–Crippen LogP) is 2.16. The van der Waals surface area contributed by atoms with Gasteiger partial charge in [-0.2, -0.15) is 0 Å². The molecule has 0 aromatic carbocycles. The number of carbonyl (C=O) groups excluding carboxylic acids is 1. The molecule has 0 aromatic rings. The third kappa shape index (κ3) is 5.89. The van der Waals surface area contributed by atoms with Crippen molar-refractivity contribution in [3.63, 3.8) is 0 Å². The van der Waals surface area contributed by atoms with Crippen LogP contribution in [0.15, 0.2) is 0 Å². The molecule has 1 saturated heterocycles. The molecule has 7 nitrogen and oxygen atoms in total. The van der Waals surface area contributed by atoms with Gasteiger partial charge in [-0.1, -0.05) is 0 Å². The van der Waals surface area contributed by atoms with Gasteiger partial charge in [-0.3, -0.25) is 4.90 Å². The molecule has 1 heterocycles. The first kappa shape index (κ1) is 17.8. The lowest BCUT2D eigenvalue weighted by Gasteiger charge is -2.34. The lowest BCUT2D eigenvalue weighted by atomic mass is 9.90. The van der Waals surface area contributed by atoms with Crippen molar-refractivity contribution in [1.82, 2.24) is 15.5 Å². The topological polar surface area (TPSA) is 90.9 Å². The first-order chi connectivity index (χ1) is 10.7. The van der Waals surface area contributed by atoms with Crippen molar-refractivity contribution >= 4 is 12.2 Å². The van der Waals surface area contributed by atoms with Crippen molar-refractivity contribution in [2.75, 3.05) is 13.1 Å². The highest BCUT2D eigenvalue weighted by Crippen LogP contribution is 2.26. The summed E-state index contributed by atoms with van der Waals surface area (Å²) in [6, 6.07) is 0.717. The van der Waals surface area contributed by atoms with E-state index in [4.69, 9.17) is 9.84 Å². The second-order valence-corrected chi connectivity index (χ2v) is 7.58. The number of nitrogens with zero attached hydrogens (tertiary/aromatic N) is 1. The van der Waals surface area contributed by atoms with Crippen LogP contribution in [-0.2, 0) is 4.74 Å². The number of alkyl carbamates (subject to hydrolysis) is 1. The maximum atomic E-state index is 11.8. The van der Waals surface area contributed by atoms with Crippen molar-refractivity contribution in [3.8, 4) is 0 Å². The summed E-state index contributed by atoms with van der Waals surface area (Å²) in [4.78, 5) is 24.9. The molecule has 23 heavy (non-hydrogen) atoms. The van der Waals surface area contributed by atoms with E-state index in [0.717, 1.165) is 45.2 Å². The summed E-state index contributed by atoms with van der Waals surface area (Å²) in [5.74, 6) is 0. The average molecular weight is 327 g/mol. The van der Waals surface area contributed by atoms with Gasteiger partial charge >= 0.3 is 12.2 Å². The van der Waals surface area contributed by atoms with E-state index in [1.165, 1.54) is 0 Å². The fourth-order valence-corrected chi connectivity index (χ4v) is 3.47. The minimum atomic E-state index is -0.934. The van der Waals surface area contributed by atoms with Crippen LogP contribution < -0.4 is 10.6 Å². The number of ether oxygens (including phenoxy) is 1. The molecule has 132 valence electrons. The van der Waals surface area contributed by atoms with Crippen molar-refractivity contribution < 1.29 is 19.4 Å². The Kier molecular flexibility index (Phi) is 5.73. The Morgan fingerprint density at radius 1 is 1.04 bits per heavy atom. The number of nitrogens with one attached hydrogen (secondary N) is 2. The quantitative estimate of drug-likeness (QED) is 0.739. The molecule has 0 radical (unpaired) electrons. The van der Waals surface area contributed by atoms with Gasteiger partial charge in [0.05, 0.1) is 0 Å². The molecule has 2 rings (SSSR count). The van der Waals surface area contributed by atoms with Crippen molar-refractivity contribution in [3.05, 3.63) is 0 Å². The summed E-state index contributed by atoms with van der Waals surface area (Å²) in [6.45, 7) is 7.40. The number of likely N-dealkylation sites (tertiary alicyclic amines) is 1. The Bertz CT molecular complexity index is 428. The number of hydrogen-bond acceptors (Lipinski definition) is 4. The van der Waals surface area contributed by atoms with E-state index in [0.29, 0.717) is 6.04 Å². The molecule has 2 amide bonds. The molecule has 1 saturated carbocycles. The summed E-state index contributed by atoms with van der Waals surface area (Å²) in [6.07, 6.45) is 3.44. The van der Waals surface area contributed by atoms with E-state index in [1.807, 2.05) is 20.8 Å². The highest BCUT2D eigenvalue weighted by molar-refractivity contribution is 5.68. The lowest BCUT2D eigenvalue weighted by molar-refractivity contribution is 0.0503. The van der Waals surface area contributed by atoms with Gasteiger partial charge in [0.15, 0.2) is 0 Å². The molecule has 0 aromatic heterocycles. The Hall–Kier alpha value is -1.50. The molecule has 2 aliphatic rings. The average Bonchev–Trinajstić information content (AvgIpc) is 2.85. The smallest absolute Gasteiger partial charge is 0.407 e. The zero-order valence-electron chi connectivity index (χ0n) is 14.3. The third-order valence-electron chi connectivity index (χ3n) is 4.48. The zero-order chi connectivity index (χ0) is 17.0. The minimum Gasteiger partial charge on any atom is -0.465 e. The van der Waals surface area contributed by atoms with Crippen molar-refractivity contribution in [2.24, 2.45) is 0 Å². The van der Waals surface area contributed by atoms with Crippen LogP contribution in [0.4, 0.5) is 9.59 Å². The van der Waals surface area contributed by atoms with Gasteiger partial charge in [0.2, 0.25) is 0 Å². The molecule has 3 N–H and O–H groups in total. The van der Waals surface area contributed by atoms with E-state index in [1.54, 1.807) is 0 Å². The molecule has 2 fully saturated rings. The predicted molar refractivity (Wildman–Crippen MR) is 86.6 cm³/mol. The number of hydrogen-bond donors (Lipinski definition) is 3. The number of carboxylic acid groups (broad SMARTS) is 1. The Balaban J connectivity index is 1.71. The van der Waals surface area contributed by atoms with E-state index in [9.17, 15) is 9.59 Å². The van der Waals surface area contributed by atoms with Gasteiger partial charge in [0, 0.05) is 31.2 Å². The largest absolute Gasteiger partial charge is 0.465 e. The third-order valence-corrected chi connectivity index (χ3v) is 4.48. The van der Waals surface area contributed by atoms with Crippen molar-refractivity contribution in [2.45, 2.75) is 76.6 Å².